The first-order valence-corrected chi connectivity index (χ1v) is 11.0. The van der Waals surface area contributed by atoms with Crippen LogP contribution in [0.3, 0.4) is 0 Å². The minimum atomic E-state index is -1.18. The lowest BCUT2D eigenvalue weighted by Crippen LogP contribution is -2.36. The number of hydrogen-bond acceptors (Lipinski definition) is 5. The topological polar surface area (TPSA) is 81.0 Å². The van der Waals surface area contributed by atoms with E-state index < -0.39 is 11.4 Å². The lowest BCUT2D eigenvalue weighted by atomic mass is 9.90. The van der Waals surface area contributed by atoms with Crippen molar-refractivity contribution in [3.05, 3.63) is 45.2 Å². The number of rotatable bonds is 2. The van der Waals surface area contributed by atoms with Gasteiger partial charge in [-0.25, -0.2) is 4.79 Å². The largest absolute Gasteiger partial charge is 0.491 e. The van der Waals surface area contributed by atoms with Crippen molar-refractivity contribution >= 4 is 11.7 Å². The molecule has 2 aromatic rings. The molecular formula is C25H34N2O5. The van der Waals surface area contributed by atoms with E-state index in [1.165, 1.54) is 23.4 Å². The van der Waals surface area contributed by atoms with Gasteiger partial charge in [-0.3, -0.25) is 4.79 Å². The number of benzene rings is 1. The molecule has 1 aromatic carbocycles. The van der Waals surface area contributed by atoms with Gasteiger partial charge in [0.15, 0.2) is 5.43 Å². The maximum Gasteiger partial charge on any atom is 0.341 e. The standard InChI is InChI=1S/C20H20N2O5.C4H10.CH4/c23-18-10-16-14-9-17(21-4-7-26-8-5-21)19-13(2-6-27-19)12(14)1-3-22(16)11-15(18)20(24)25;1-4(2)3;/h9-11H,1-8H2,(H,24,25);4H,1-3H3;1H4. The van der Waals surface area contributed by atoms with Crippen LogP contribution in [0.5, 0.6) is 5.75 Å². The van der Waals surface area contributed by atoms with Gasteiger partial charge in [0.25, 0.3) is 0 Å². The molecule has 3 aliphatic rings. The molecule has 0 spiro atoms. The van der Waals surface area contributed by atoms with Crippen LogP contribution in [-0.2, 0) is 24.1 Å². The number of aromatic nitrogens is 1. The van der Waals surface area contributed by atoms with E-state index in [1.54, 1.807) is 0 Å². The summed E-state index contributed by atoms with van der Waals surface area (Å²) in [4.78, 5) is 25.9. The van der Waals surface area contributed by atoms with Gasteiger partial charge < -0.3 is 24.0 Å². The van der Waals surface area contributed by atoms with Gasteiger partial charge in [0.1, 0.15) is 11.3 Å². The first-order chi connectivity index (χ1) is 14.9. The number of hydrogen-bond donors (Lipinski definition) is 1. The number of carbonyl (C=O) groups is 1. The van der Waals surface area contributed by atoms with Gasteiger partial charge in [-0.2, -0.15) is 0 Å². The molecule has 0 aliphatic carbocycles. The fraction of sp³-hybridized carbons (Fsp3) is 0.520. The van der Waals surface area contributed by atoms with Crippen LogP contribution in [0.1, 0.15) is 49.7 Å². The van der Waals surface area contributed by atoms with E-state index in [-0.39, 0.29) is 13.0 Å². The molecule has 0 bridgehead atoms. The van der Waals surface area contributed by atoms with Crippen LogP contribution in [0.25, 0.3) is 11.3 Å². The first-order valence-electron chi connectivity index (χ1n) is 11.0. The molecule has 0 amide bonds. The number of ether oxygens (including phenoxy) is 2. The van der Waals surface area contributed by atoms with E-state index in [2.05, 4.69) is 31.7 Å². The lowest BCUT2D eigenvalue weighted by molar-refractivity contribution is 0.0694. The molecule has 0 radical (unpaired) electrons. The molecule has 7 heteroatoms. The molecule has 3 aliphatic heterocycles. The minimum absolute atomic E-state index is 0. The fourth-order valence-electron chi connectivity index (χ4n) is 4.36. The maximum absolute atomic E-state index is 12.3. The predicted molar refractivity (Wildman–Crippen MR) is 126 cm³/mol. The highest BCUT2D eigenvalue weighted by Gasteiger charge is 2.30. The van der Waals surface area contributed by atoms with Crippen molar-refractivity contribution in [3.8, 4) is 17.0 Å². The molecule has 1 N–H and O–H groups in total. The van der Waals surface area contributed by atoms with Crippen LogP contribution in [0.4, 0.5) is 5.69 Å². The fourth-order valence-corrected chi connectivity index (χ4v) is 4.36. The Morgan fingerprint density at radius 1 is 1.03 bits per heavy atom. The quantitative estimate of drug-likeness (QED) is 0.761. The molecule has 174 valence electrons. The van der Waals surface area contributed by atoms with Gasteiger partial charge in [-0.15, -0.1) is 0 Å². The highest BCUT2D eigenvalue weighted by atomic mass is 16.5. The average molecular weight is 443 g/mol. The number of carboxylic acid groups (broad SMARTS) is 1. The normalized spacial score (nSPS) is 16.1. The van der Waals surface area contributed by atoms with Crippen molar-refractivity contribution in [2.45, 2.75) is 47.6 Å². The van der Waals surface area contributed by atoms with Crippen LogP contribution in [0, 0.1) is 5.92 Å². The molecule has 1 saturated heterocycles. The second-order valence-electron chi connectivity index (χ2n) is 8.84. The van der Waals surface area contributed by atoms with E-state index >= 15 is 0 Å². The van der Waals surface area contributed by atoms with Crippen molar-refractivity contribution in [2.24, 2.45) is 5.92 Å². The van der Waals surface area contributed by atoms with Crippen LogP contribution in [0.15, 0.2) is 23.1 Å². The average Bonchev–Trinajstić information content (AvgIpc) is 3.22. The summed E-state index contributed by atoms with van der Waals surface area (Å²) in [5.41, 5.74) is 4.67. The number of nitrogens with zero attached hydrogens (tertiary/aromatic N) is 2. The Kier molecular flexibility index (Phi) is 7.29. The van der Waals surface area contributed by atoms with Crippen molar-refractivity contribution in [2.75, 3.05) is 37.8 Å². The molecule has 32 heavy (non-hydrogen) atoms. The Morgan fingerprint density at radius 3 is 2.38 bits per heavy atom. The summed E-state index contributed by atoms with van der Waals surface area (Å²) < 4.78 is 13.3. The summed E-state index contributed by atoms with van der Waals surface area (Å²) >= 11 is 0. The molecule has 5 rings (SSSR count). The number of pyridine rings is 1. The maximum atomic E-state index is 12.3. The smallest absolute Gasteiger partial charge is 0.341 e. The van der Waals surface area contributed by atoms with Crippen molar-refractivity contribution < 1.29 is 19.4 Å². The van der Waals surface area contributed by atoms with E-state index in [9.17, 15) is 14.7 Å². The lowest BCUT2D eigenvalue weighted by Gasteiger charge is -2.32. The molecule has 7 nitrogen and oxygen atoms in total. The highest BCUT2D eigenvalue weighted by Crippen LogP contribution is 2.45. The number of carboxylic acids is 1. The van der Waals surface area contributed by atoms with Gasteiger partial charge in [0.05, 0.1) is 31.2 Å². The van der Waals surface area contributed by atoms with Crippen molar-refractivity contribution in [3.63, 3.8) is 0 Å². The number of morpholine rings is 1. The van der Waals surface area contributed by atoms with Crippen LogP contribution in [-0.4, -0.2) is 48.6 Å². The van der Waals surface area contributed by atoms with Crippen molar-refractivity contribution in [1.29, 1.82) is 0 Å². The summed E-state index contributed by atoms with van der Waals surface area (Å²) in [6.45, 7) is 10.8. The molecule has 0 atom stereocenters. The molecule has 1 aromatic heterocycles. The number of anilines is 1. The molecular weight excluding hydrogens is 408 g/mol. The Balaban J connectivity index is 0.000000536. The number of aryl methyl sites for hydroxylation is 1. The third-order valence-corrected chi connectivity index (χ3v) is 5.66. The van der Waals surface area contributed by atoms with Gasteiger partial charge in [0.2, 0.25) is 0 Å². The molecule has 1 fully saturated rings. The van der Waals surface area contributed by atoms with Gasteiger partial charge in [0, 0.05) is 49.4 Å². The van der Waals surface area contributed by atoms with Crippen LogP contribution < -0.4 is 15.1 Å². The Hall–Kier alpha value is -2.80. The van der Waals surface area contributed by atoms with E-state index in [0.29, 0.717) is 26.4 Å². The van der Waals surface area contributed by atoms with Crippen LogP contribution in [0.2, 0.25) is 0 Å². The zero-order valence-corrected chi connectivity index (χ0v) is 18.4. The number of aromatic carboxylic acids is 1. The van der Waals surface area contributed by atoms with E-state index in [0.717, 1.165) is 54.5 Å². The second kappa shape index (κ2) is 9.77. The molecule has 0 saturated carbocycles. The highest BCUT2D eigenvalue weighted by molar-refractivity contribution is 5.88. The number of fused-ring (bicyclic) bond motifs is 5. The van der Waals surface area contributed by atoms with E-state index in [1.807, 2.05) is 4.57 Å². The Morgan fingerprint density at radius 2 is 1.72 bits per heavy atom. The second-order valence-corrected chi connectivity index (χ2v) is 8.84. The molecule has 0 unspecified atom stereocenters. The summed E-state index contributed by atoms with van der Waals surface area (Å²) in [6.07, 6.45) is 3.15. The summed E-state index contributed by atoms with van der Waals surface area (Å²) in [5, 5.41) is 9.26. The monoisotopic (exact) mass is 442 g/mol. The molecule has 4 heterocycles. The zero-order chi connectivity index (χ0) is 22.1. The summed E-state index contributed by atoms with van der Waals surface area (Å²) in [7, 11) is 0. The van der Waals surface area contributed by atoms with E-state index in [4.69, 9.17) is 9.47 Å². The van der Waals surface area contributed by atoms with Gasteiger partial charge in [-0.1, -0.05) is 28.2 Å². The third-order valence-electron chi connectivity index (χ3n) is 5.66. The van der Waals surface area contributed by atoms with Crippen molar-refractivity contribution in [1.82, 2.24) is 4.57 Å². The summed E-state index contributed by atoms with van der Waals surface area (Å²) in [5.74, 6) is 0.617. The van der Waals surface area contributed by atoms with Crippen LogP contribution >= 0.6 is 0 Å². The predicted octanol–water partition coefficient (Wildman–Crippen LogP) is 3.84. The minimum Gasteiger partial charge on any atom is -0.491 e. The Bertz CT molecular complexity index is 1050. The summed E-state index contributed by atoms with van der Waals surface area (Å²) in [6, 6.07) is 3.57. The zero-order valence-electron chi connectivity index (χ0n) is 18.4. The SMILES string of the molecule is C.CC(C)C.O=C(O)c1cn2c(cc1=O)-c1cc(N3CCOCC3)c3c(c1CC2)CCO3. The third kappa shape index (κ3) is 4.53. The van der Waals surface area contributed by atoms with Gasteiger partial charge in [-0.05, 0) is 24.0 Å². The first kappa shape index (κ1) is 23.9. The van der Waals surface area contributed by atoms with Gasteiger partial charge >= 0.3 is 5.97 Å². The Labute approximate surface area is 189 Å².